The smallest absolute Gasteiger partial charge is 0.339 e. The number of benzene rings is 2. The van der Waals surface area contributed by atoms with Crippen LogP contribution in [-0.2, 0) is 9.53 Å². The molecule has 0 bridgehead atoms. The minimum atomic E-state index is -0.973. The zero-order chi connectivity index (χ0) is 21.6. The van der Waals surface area contributed by atoms with Crippen molar-refractivity contribution in [3.63, 3.8) is 0 Å². The van der Waals surface area contributed by atoms with Crippen molar-refractivity contribution in [2.24, 2.45) is 0 Å². The van der Waals surface area contributed by atoms with Gasteiger partial charge in [-0.3, -0.25) is 4.79 Å². The van der Waals surface area contributed by atoms with Crippen LogP contribution in [0.4, 0.5) is 5.69 Å². The Labute approximate surface area is 176 Å². The molecule has 0 saturated heterocycles. The molecule has 1 atom stereocenters. The summed E-state index contributed by atoms with van der Waals surface area (Å²) < 4.78 is 16.3. The number of amides is 1. The summed E-state index contributed by atoms with van der Waals surface area (Å²) in [4.78, 5) is 27.0. The molecule has 29 heavy (non-hydrogen) atoms. The van der Waals surface area contributed by atoms with Crippen LogP contribution < -0.4 is 14.4 Å². The lowest BCUT2D eigenvalue weighted by molar-refractivity contribution is -0.126. The summed E-state index contributed by atoms with van der Waals surface area (Å²) in [6.07, 6.45) is -1.09. The van der Waals surface area contributed by atoms with E-state index < -0.39 is 12.1 Å². The minimum absolute atomic E-state index is 0.116. The molecular formula is C22H26ClNO5. The van der Waals surface area contributed by atoms with Crippen LogP contribution in [0.5, 0.6) is 11.5 Å². The van der Waals surface area contributed by atoms with Crippen molar-refractivity contribution in [1.29, 1.82) is 0 Å². The van der Waals surface area contributed by atoms with E-state index in [0.717, 1.165) is 5.69 Å². The van der Waals surface area contributed by atoms with Crippen molar-refractivity contribution in [3.05, 3.63) is 53.1 Å². The SMILES string of the molecule is CCN(C(=O)[C@@H](C)OC(=O)c1cc(Cl)c(OC(C)C)c(OC)c1)c1ccccc1. The molecule has 2 aromatic carbocycles. The second-order valence-corrected chi connectivity index (χ2v) is 7.03. The van der Waals surface area contributed by atoms with E-state index in [9.17, 15) is 9.59 Å². The number of likely N-dealkylation sites (N-methyl/N-ethyl adjacent to an activating group) is 1. The van der Waals surface area contributed by atoms with Gasteiger partial charge in [0.05, 0.1) is 23.8 Å². The molecule has 0 heterocycles. The lowest BCUT2D eigenvalue weighted by Crippen LogP contribution is -2.40. The second-order valence-electron chi connectivity index (χ2n) is 6.62. The van der Waals surface area contributed by atoms with E-state index in [1.807, 2.05) is 51.1 Å². The lowest BCUT2D eigenvalue weighted by atomic mass is 10.2. The van der Waals surface area contributed by atoms with Crippen LogP contribution in [0, 0.1) is 0 Å². The molecule has 0 aliphatic rings. The van der Waals surface area contributed by atoms with E-state index in [0.29, 0.717) is 18.0 Å². The van der Waals surface area contributed by atoms with Gasteiger partial charge in [-0.05, 0) is 52.0 Å². The van der Waals surface area contributed by atoms with Gasteiger partial charge in [-0.25, -0.2) is 4.79 Å². The molecule has 6 nitrogen and oxygen atoms in total. The zero-order valence-corrected chi connectivity index (χ0v) is 18.0. The first-order valence-electron chi connectivity index (χ1n) is 9.40. The third-order valence-electron chi connectivity index (χ3n) is 4.10. The molecule has 7 heteroatoms. The highest BCUT2D eigenvalue weighted by atomic mass is 35.5. The first kappa shape index (κ1) is 22.6. The molecule has 156 valence electrons. The van der Waals surface area contributed by atoms with Crippen LogP contribution >= 0.6 is 11.6 Å². The molecular weight excluding hydrogens is 394 g/mol. The number of carbonyl (C=O) groups is 2. The van der Waals surface area contributed by atoms with Crippen molar-refractivity contribution < 1.29 is 23.8 Å². The van der Waals surface area contributed by atoms with Crippen molar-refractivity contribution in [2.45, 2.75) is 39.9 Å². The van der Waals surface area contributed by atoms with Crippen molar-refractivity contribution >= 4 is 29.2 Å². The first-order chi connectivity index (χ1) is 13.8. The van der Waals surface area contributed by atoms with Gasteiger partial charge in [0.15, 0.2) is 17.6 Å². The molecule has 0 fully saturated rings. The molecule has 0 aliphatic carbocycles. The summed E-state index contributed by atoms with van der Waals surface area (Å²) in [5.74, 6) is -0.321. The van der Waals surface area contributed by atoms with E-state index >= 15 is 0 Å². The van der Waals surface area contributed by atoms with Crippen molar-refractivity contribution in [1.82, 2.24) is 0 Å². The largest absolute Gasteiger partial charge is 0.493 e. The van der Waals surface area contributed by atoms with E-state index in [-0.39, 0.29) is 22.6 Å². The Morgan fingerprint density at radius 2 is 1.76 bits per heavy atom. The number of ether oxygens (including phenoxy) is 3. The maximum absolute atomic E-state index is 12.8. The fourth-order valence-corrected chi connectivity index (χ4v) is 3.02. The third-order valence-corrected chi connectivity index (χ3v) is 4.38. The van der Waals surface area contributed by atoms with Gasteiger partial charge in [-0.2, -0.15) is 0 Å². The summed E-state index contributed by atoms with van der Waals surface area (Å²) in [6.45, 7) is 7.57. The molecule has 0 aliphatic heterocycles. The van der Waals surface area contributed by atoms with Gasteiger partial charge >= 0.3 is 5.97 Å². The summed E-state index contributed by atoms with van der Waals surface area (Å²) in [6, 6.07) is 12.1. The Balaban J connectivity index is 2.18. The van der Waals surface area contributed by atoms with E-state index in [2.05, 4.69) is 0 Å². The number of anilines is 1. The zero-order valence-electron chi connectivity index (χ0n) is 17.3. The average molecular weight is 420 g/mol. The van der Waals surface area contributed by atoms with E-state index in [1.165, 1.54) is 19.2 Å². The van der Waals surface area contributed by atoms with Gasteiger partial charge in [0.2, 0.25) is 0 Å². The Morgan fingerprint density at radius 3 is 2.31 bits per heavy atom. The number of methoxy groups -OCH3 is 1. The predicted octanol–water partition coefficient (Wildman–Crippen LogP) is 4.73. The Morgan fingerprint density at radius 1 is 1.10 bits per heavy atom. The highest BCUT2D eigenvalue weighted by molar-refractivity contribution is 6.32. The number of halogens is 1. The maximum Gasteiger partial charge on any atom is 0.339 e. The number of nitrogens with zero attached hydrogens (tertiary/aromatic N) is 1. The molecule has 0 unspecified atom stereocenters. The number of hydrogen-bond donors (Lipinski definition) is 0. The van der Waals surface area contributed by atoms with Crippen LogP contribution in [0.2, 0.25) is 5.02 Å². The molecule has 2 aromatic rings. The molecule has 0 radical (unpaired) electrons. The van der Waals surface area contributed by atoms with Crippen LogP contribution in [-0.4, -0.2) is 37.7 Å². The van der Waals surface area contributed by atoms with Gasteiger partial charge in [-0.1, -0.05) is 29.8 Å². The number of para-hydroxylation sites is 1. The quantitative estimate of drug-likeness (QED) is 0.578. The number of carbonyl (C=O) groups excluding carboxylic acids is 2. The molecule has 2 rings (SSSR count). The van der Waals surface area contributed by atoms with Crippen LogP contribution in [0.1, 0.15) is 38.1 Å². The van der Waals surface area contributed by atoms with Crippen LogP contribution in [0.15, 0.2) is 42.5 Å². The van der Waals surface area contributed by atoms with Crippen LogP contribution in [0.3, 0.4) is 0 Å². The third kappa shape index (κ3) is 5.64. The Kier molecular flexibility index (Phi) is 7.91. The summed E-state index contributed by atoms with van der Waals surface area (Å²) in [5, 5.41) is 0.225. The number of hydrogen-bond acceptors (Lipinski definition) is 5. The van der Waals surface area contributed by atoms with E-state index in [1.54, 1.807) is 11.8 Å². The van der Waals surface area contributed by atoms with Gasteiger partial charge in [0.25, 0.3) is 5.91 Å². The van der Waals surface area contributed by atoms with Crippen LogP contribution in [0.25, 0.3) is 0 Å². The van der Waals surface area contributed by atoms with Gasteiger partial charge in [0.1, 0.15) is 0 Å². The van der Waals surface area contributed by atoms with Gasteiger partial charge < -0.3 is 19.1 Å². The molecule has 0 saturated carbocycles. The first-order valence-corrected chi connectivity index (χ1v) is 9.77. The summed E-state index contributed by atoms with van der Waals surface area (Å²) in [5.41, 5.74) is 0.910. The standard InChI is InChI=1S/C22H26ClNO5/c1-6-24(17-10-8-7-9-11-17)21(25)15(4)29-22(26)16-12-18(23)20(28-14(2)3)19(13-16)27-5/h7-15H,6H2,1-5H3/t15-/m1/s1. The summed E-state index contributed by atoms with van der Waals surface area (Å²) in [7, 11) is 1.46. The molecule has 1 amide bonds. The monoisotopic (exact) mass is 419 g/mol. The molecule has 0 N–H and O–H groups in total. The molecule has 0 aromatic heterocycles. The van der Waals surface area contributed by atoms with Gasteiger partial charge in [0, 0.05) is 12.2 Å². The average Bonchev–Trinajstić information content (AvgIpc) is 2.70. The maximum atomic E-state index is 12.8. The predicted molar refractivity (Wildman–Crippen MR) is 113 cm³/mol. The van der Waals surface area contributed by atoms with E-state index in [4.69, 9.17) is 25.8 Å². The summed E-state index contributed by atoms with van der Waals surface area (Å²) >= 11 is 6.27. The highest BCUT2D eigenvalue weighted by Gasteiger charge is 2.26. The van der Waals surface area contributed by atoms with Crippen molar-refractivity contribution in [3.8, 4) is 11.5 Å². The Hall–Kier alpha value is -2.73. The highest BCUT2D eigenvalue weighted by Crippen LogP contribution is 2.37. The van der Waals surface area contributed by atoms with Crippen molar-refractivity contribution in [2.75, 3.05) is 18.6 Å². The van der Waals surface area contributed by atoms with Gasteiger partial charge in [-0.15, -0.1) is 0 Å². The lowest BCUT2D eigenvalue weighted by Gasteiger charge is -2.24. The fourth-order valence-electron chi connectivity index (χ4n) is 2.76. The fraction of sp³-hybridized carbons (Fsp3) is 0.364. The number of esters is 1. The minimum Gasteiger partial charge on any atom is -0.493 e. The number of rotatable bonds is 8. The second kappa shape index (κ2) is 10.2. The topological polar surface area (TPSA) is 65.1 Å². The molecule has 0 spiro atoms. The normalized spacial score (nSPS) is 11.7. The Bertz CT molecular complexity index is 854.